The van der Waals surface area contributed by atoms with E-state index in [1.54, 1.807) is 0 Å². The van der Waals surface area contributed by atoms with E-state index in [4.69, 9.17) is 0 Å². The topological polar surface area (TPSA) is 58.2 Å². The van der Waals surface area contributed by atoms with Gasteiger partial charge in [0, 0.05) is 12.6 Å². The Labute approximate surface area is 124 Å². The van der Waals surface area contributed by atoms with Crippen LogP contribution in [0.25, 0.3) is 0 Å². The largest absolute Gasteiger partial charge is 0.314 e. The summed E-state index contributed by atoms with van der Waals surface area (Å²) in [6.07, 6.45) is 9.43. The standard InChI is InChI=1S/C15H30N2O2S/c1-13-4-2-5-14(12-13)8-10-17-20(18,19)11-3-9-16-15-6-7-15/h13-17H,2-12H2,1H3. The van der Waals surface area contributed by atoms with Crippen LogP contribution in [0.4, 0.5) is 0 Å². The smallest absolute Gasteiger partial charge is 0.211 e. The fourth-order valence-electron chi connectivity index (χ4n) is 3.17. The summed E-state index contributed by atoms with van der Waals surface area (Å²) >= 11 is 0. The van der Waals surface area contributed by atoms with Crippen LogP contribution >= 0.6 is 0 Å². The molecule has 0 spiro atoms. The highest BCUT2D eigenvalue weighted by molar-refractivity contribution is 7.89. The van der Waals surface area contributed by atoms with Gasteiger partial charge in [-0.1, -0.05) is 26.2 Å². The van der Waals surface area contributed by atoms with Gasteiger partial charge < -0.3 is 5.32 Å². The zero-order chi connectivity index (χ0) is 14.4. The number of sulfonamides is 1. The van der Waals surface area contributed by atoms with Crippen molar-refractivity contribution in [3.8, 4) is 0 Å². The number of rotatable bonds is 9. The van der Waals surface area contributed by atoms with E-state index >= 15 is 0 Å². The Balaban J connectivity index is 1.54. The van der Waals surface area contributed by atoms with Gasteiger partial charge in [-0.2, -0.15) is 0 Å². The minimum atomic E-state index is -3.06. The van der Waals surface area contributed by atoms with Crippen molar-refractivity contribution in [2.75, 3.05) is 18.8 Å². The molecule has 2 rings (SSSR count). The van der Waals surface area contributed by atoms with E-state index in [2.05, 4.69) is 17.0 Å². The second-order valence-corrected chi connectivity index (χ2v) is 8.65. The van der Waals surface area contributed by atoms with E-state index in [-0.39, 0.29) is 5.75 Å². The van der Waals surface area contributed by atoms with Gasteiger partial charge in [0.1, 0.15) is 0 Å². The Kier molecular flexibility index (Phi) is 6.30. The maximum atomic E-state index is 11.9. The van der Waals surface area contributed by atoms with Gasteiger partial charge in [-0.25, -0.2) is 13.1 Å². The first-order valence-electron chi connectivity index (χ1n) is 8.26. The average molecular weight is 302 g/mol. The fraction of sp³-hybridized carbons (Fsp3) is 1.00. The molecule has 2 atom stereocenters. The third-order valence-corrected chi connectivity index (χ3v) is 5.99. The summed E-state index contributed by atoms with van der Waals surface area (Å²) in [6, 6.07) is 0.666. The first-order valence-corrected chi connectivity index (χ1v) is 9.91. The average Bonchev–Trinajstić information content (AvgIpc) is 3.19. The quantitative estimate of drug-likeness (QED) is 0.642. The molecule has 0 heterocycles. The van der Waals surface area contributed by atoms with Gasteiger partial charge in [-0.3, -0.25) is 0 Å². The Bertz CT molecular complexity index is 379. The van der Waals surface area contributed by atoms with Crippen LogP contribution in [-0.2, 0) is 10.0 Å². The van der Waals surface area contributed by atoms with Crippen LogP contribution in [0.15, 0.2) is 0 Å². The lowest BCUT2D eigenvalue weighted by Crippen LogP contribution is -2.30. The minimum Gasteiger partial charge on any atom is -0.314 e. The van der Waals surface area contributed by atoms with Crippen LogP contribution in [0.5, 0.6) is 0 Å². The van der Waals surface area contributed by atoms with Crippen molar-refractivity contribution in [1.29, 1.82) is 0 Å². The first kappa shape index (κ1) is 16.2. The number of hydrogen-bond donors (Lipinski definition) is 2. The monoisotopic (exact) mass is 302 g/mol. The molecule has 0 aromatic carbocycles. The van der Waals surface area contributed by atoms with Crippen LogP contribution in [0.2, 0.25) is 0 Å². The maximum absolute atomic E-state index is 11.9. The molecule has 20 heavy (non-hydrogen) atoms. The lowest BCUT2D eigenvalue weighted by Gasteiger charge is -2.26. The van der Waals surface area contributed by atoms with Crippen molar-refractivity contribution in [3.63, 3.8) is 0 Å². The zero-order valence-electron chi connectivity index (χ0n) is 12.7. The molecule has 0 amide bonds. The van der Waals surface area contributed by atoms with Gasteiger partial charge >= 0.3 is 0 Å². The third-order valence-electron chi connectivity index (χ3n) is 4.52. The highest BCUT2D eigenvalue weighted by atomic mass is 32.2. The molecule has 0 aromatic heterocycles. The summed E-state index contributed by atoms with van der Waals surface area (Å²) in [5.74, 6) is 1.80. The maximum Gasteiger partial charge on any atom is 0.211 e. The zero-order valence-corrected chi connectivity index (χ0v) is 13.6. The second-order valence-electron chi connectivity index (χ2n) is 6.72. The predicted molar refractivity (Wildman–Crippen MR) is 83.2 cm³/mol. The lowest BCUT2D eigenvalue weighted by molar-refractivity contribution is 0.271. The second kappa shape index (κ2) is 7.76. The highest BCUT2D eigenvalue weighted by Crippen LogP contribution is 2.30. The Hall–Kier alpha value is -0.130. The molecule has 2 fully saturated rings. The molecule has 2 N–H and O–H groups in total. The molecule has 4 nitrogen and oxygen atoms in total. The summed E-state index contributed by atoms with van der Waals surface area (Å²) in [5.41, 5.74) is 0. The van der Waals surface area contributed by atoms with Crippen molar-refractivity contribution in [3.05, 3.63) is 0 Å². The van der Waals surface area contributed by atoms with E-state index < -0.39 is 10.0 Å². The van der Waals surface area contributed by atoms with Crippen molar-refractivity contribution in [1.82, 2.24) is 10.0 Å². The molecule has 0 aliphatic heterocycles. The molecule has 0 radical (unpaired) electrons. The normalized spacial score (nSPS) is 27.6. The summed E-state index contributed by atoms with van der Waals surface area (Å²) in [7, 11) is -3.06. The number of hydrogen-bond acceptors (Lipinski definition) is 3. The summed E-state index contributed by atoms with van der Waals surface area (Å²) in [4.78, 5) is 0. The molecule has 2 saturated carbocycles. The van der Waals surface area contributed by atoms with E-state index in [0.717, 1.165) is 24.8 Å². The van der Waals surface area contributed by atoms with Crippen molar-refractivity contribution in [2.24, 2.45) is 11.8 Å². The number of nitrogens with one attached hydrogen (secondary N) is 2. The lowest BCUT2D eigenvalue weighted by atomic mass is 9.81. The fourth-order valence-corrected chi connectivity index (χ4v) is 4.27. The molecular weight excluding hydrogens is 272 g/mol. The molecule has 0 saturated heterocycles. The van der Waals surface area contributed by atoms with E-state index in [1.165, 1.54) is 38.5 Å². The van der Waals surface area contributed by atoms with Crippen molar-refractivity contribution >= 4 is 10.0 Å². The van der Waals surface area contributed by atoms with Crippen LogP contribution < -0.4 is 10.0 Å². The Morgan fingerprint density at radius 3 is 2.60 bits per heavy atom. The van der Waals surface area contributed by atoms with Gasteiger partial charge in [0.05, 0.1) is 5.75 Å². The molecule has 0 aromatic rings. The van der Waals surface area contributed by atoms with Gasteiger partial charge in [-0.15, -0.1) is 0 Å². The molecule has 2 aliphatic rings. The summed E-state index contributed by atoms with van der Waals surface area (Å²) in [5, 5.41) is 3.35. The van der Waals surface area contributed by atoms with E-state index in [9.17, 15) is 8.42 Å². The van der Waals surface area contributed by atoms with Crippen LogP contribution in [0.1, 0.15) is 58.3 Å². The van der Waals surface area contributed by atoms with E-state index in [0.29, 0.717) is 19.0 Å². The van der Waals surface area contributed by atoms with Crippen LogP contribution in [0.3, 0.4) is 0 Å². The minimum absolute atomic E-state index is 0.258. The molecule has 0 bridgehead atoms. The van der Waals surface area contributed by atoms with Gasteiger partial charge in [0.25, 0.3) is 0 Å². The molecule has 118 valence electrons. The Morgan fingerprint density at radius 2 is 1.90 bits per heavy atom. The molecular formula is C15H30N2O2S. The van der Waals surface area contributed by atoms with Crippen LogP contribution in [-0.4, -0.2) is 33.3 Å². The molecule has 2 unspecified atom stereocenters. The van der Waals surface area contributed by atoms with E-state index in [1.807, 2.05) is 0 Å². The molecule has 2 aliphatic carbocycles. The van der Waals surface area contributed by atoms with Crippen molar-refractivity contribution < 1.29 is 8.42 Å². The first-order chi connectivity index (χ1) is 9.55. The van der Waals surface area contributed by atoms with Gasteiger partial charge in [-0.05, 0) is 50.5 Å². The van der Waals surface area contributed by atoms with Crippen LogP contribution in [0, 0.1) is 11.8 Å². The highest BCUT2D eigenvalue weighted by Gasteiger charge is 2.21. The summed E-state index contributed by atoms with van der Waals surface area (Å²) in [6.45, 7) is 3.75. The van der Waals surface area contributed by atoms with Crippen molar-refractivity contribution in [2.45, 2.75) is 64.3 Å². The SMILES string of the molecule is CC1CCCC(CCNS(=O)(=O)CCCNC2CC2)C1. The Morgan fingerprint density at radius 1 is 1.10 bits per heavy atom. The van der Waals surface area contributed by atoms with Gasteiger partial charge in [0.2, 0.25) is 10.0 Å². The predicted octanol–water partition coefficient (Wildman–Crippen LogP) is 2.26. The van der Waals surface area contributed by atoms with Gasteiger partial charge in [0.15, 0.2) is 0 Å². The molecule has 5 heteroatoms. The summed E-state index contributed by atoms with van der Waals surface area (Å²) < 4.78 is 26.5. The third kappa shape index (κ3) is 6.55.